The first-order chi connectivity index (χ1) is 8.44. The summed E-state index contributed by atoms with van der Waals surface area (Å²) in [5, 5.41) is 9.25. The zero-order chi connectivity index (χ0) is 13.3. The molecule has 0 radical (unpaired) electrons. The van der Waals surface area contributed by atoms with Crippen LogP contribution in [0.3, 0.4) is 0 Å². The molecular formula is C12H16ClNO3S. The summed E-state index contributed by atoms with van der Waals surface area (Å²) < 4.78 is 26.8. The largest absolute Gasteiger partial charge is 0.392 e. The third-order valence-electron chi connectivity index (χ3n) is 3.18. The molecule has 1 unspecified atom stereocenters. The quantitative estimate of drug-likeness (QED) is 0.870. The highest BCUT2D eigenvalue weighted by molar-refractivity contribution is 7.89. The second kappa shape index (κ2) is 5.17. The highest BCUT2D eigenvalue weighted by Crippen LogP contribution is 2.33. The maximum atomic E-state index is 12.1. The molecule has 1 fully saturated rings. The lowest BCUT2D eigenvalue weighted by atomic mass is 10.2. The maximum absolute atomic E-state index is 12.1. The average molecular weight is 290 g/mol. The average Bonchev–Trinajstić information content (AvgIpc) is 3.12. The van der Waals surface area contributed by atoms with Crippen LogP contribution in [0.5, 0.6) is 0 Å². The Morgan fingerprint density at radius 2 is 2.17 bits per heavy atom. The lowest BCUT2D eigenvalue weighted by molar-refractivity contribution is 0.282. The van der Waals surface area contributed by atoms with Crippen LogP contribution in [-0.2, 0) is 16.6 Å². The molecule has 0 amide bonds. The Morgan fingerprint density at radius 1 is 1.50 bits per heavy atom. The molecular weight excluding hydrogens is 274 g/mol. The summed E-state index contributed by atoms with van der Waals surface area (Å²) in [7, 11) is -3.53. The molecule has 1 aromatic carbocycles. The first kappa shape index (κ1) is 13.8. The van der Waals surface area contributed by atoms with Crippen LogP contribution in [0, 0.1) is 5.92 Å². The highest BCUT2D eigenvalue weighted by Gasteiger charge is 2.31. The zero-order valence-electron chi connectivity index (χ0n) is 10.1. The molecule has 0 bridgehead atoms. The second-order valence-electron chi connectivity index (χ2n) is 4.66. The van der Waals surface area contributed by atoms with Crippen molar-refractivity contribution in [1.29, 1.82) is 0 Å². The molecule has 18 heavy (non-hydrogen) atoms. The van der Waals surface area contributed by atoms with Crippen LogP contribution in [0.1, 0.15) is 25.3 Å². The molecule has 0 heterocycles. The van der Waals surface area contributed by atoms with E-state index < -0.39 is 10.0 Å². The summed E-state index contributed by atoms with van der Waals surface area (Å²) >= 11 is 5.89. The van der Waals surface area contributed by atoms with Gasteiger partial charge < -0.3 is 5.11 Å². The molecule has 2 rings (SSSR count). The number of halogens is 1. The van der Waals surface area contributed by atoms with E-state index in [1.165, 1.54) is 18.2 Å². The number of sulfonamides is 1. The van der Waals surface area contributed by atoms with Gasteiger partial charge in [-0.2, -0.15) is 0 Å². The van der Waals surface area contributed by atoms with Crippen molar-refractivity contribution in [2.45, 2.75) is 37.3 Å². The van der Waals surface area contributed by atoms with Gasteiger partial charge in [-0.15, -0.1) is 0 Å². The zero-order valence-corrected chi connectivity index (χ0v) is 11.6. The fourth-order valence-corrected chi connectivity index (χ4v) is 3.47. The van der Waals surface area contributed by atoms with Crippen LogP contribution < -0.4 is 4.72 Å². The molecule has 1 aliphatic rings. The van der Waals surface area contributed by atoms with Crippen LogP contribution in [0.2, 0.25) is 5.02 Å². The van der Waals surface area contributed by atoms with E-state index in [1.54, 1.807) is 0 Å². The molecule has 100 valence electrons. The fraction of sp³-hybridized carbons (Fsp3) is 0.500. The van der Waals surface area contributed by atoms with Gasteiger partial charge in [0.25, 0.3) is 0 Å². The first-order valence-electron chi connectivity index (χ1n) is 5.85. The van der Waals surface area contributed by atoms with E-state index in [1.807, 2.05) is 6.92 Å². The van der Waals surface area contributed by atoms with E-state index in [-0.39, 0.29) is 22.6 Å². The third-order valence-corrected chi connectivity index (χ3v) is 5.08. The van der Waals surface area contributed by atoms with E-state index in [4.69, 9.17) is 16.7 Å². The van der Waals surface area contributed by atoms with Gasteiger partial charge in [-0.3, -0.25) is 0 Å². The SMILES string of the molecule is CC(NS(=O)(=O)c1ccc(CO)c(Cl)c1)C1CC1. The summed E-state index contributed by atoms with van der Waals surface area (Å²) in [5.74, 6) is 0.451. The number of aliphatic hydroxyl groups excluding tert-OH is 1. The normalized spacial score (nSPS) is 17.7. The number of rotatable bonds is 5. The van der Waals surface area contributed by atoms with Crippen LogP contribution in [0.4, 0.5) is 0 Å². The van der Waals surface area contributed by atoms with Crippen molar-refractivity contribution in [3.63, 3.8) is 0 Å². The van der Waals surface area contributed by atoms with Gasteiger partial charge in [0.2, 0.25) is 10.0 Å². The van der Waals surface area contributed by atoms with Gasteiger partial charge in [-0.05, 0) is 43.4 Å². The standard InChI is InChI=1S/C12H16ClNO3S/c1-8(9-2-3-9)14-18(16,17)11-5-4-10(7-15)12(13)6-11/h4-6,8-9,14-15H,2-3,7H2,1H3. The molecule has 0 aromatic heterocycles. The number of aliphatic hydroxyl groups is 1. The first-order valence-corrected chi connectivity index (χ1v) is 7.72. The molecule has 1 saturated carbocycles. The lowest BCUT2D eigenvalue weighted by Gasteiger charge is -2.14. The smallest absolute Gasteiger partial charge is 0.240 e. The molecule has 6 heteroatoms. The Kier molecular flexibility index (Phi) is 3.96. The predicted molar refractivity (Wildman–Crippen MR) is 69.9 cm³/mol. The molecule has 1 atom stereocenters. The lowest BCUT2D eigenvalue weighted by Crippen LogP contribution is -2.34. The van der Waals surface area contributed by atoms with Gasteiger partial charge in [0.1, 0.15) is 0 Å². The molecule has 4 nitrogen and oxygen atoms in total. The van der Waals surface area contributed by atoms with Gasteiger partial charge in [0, 0.05) is 11.1 Å². The van der Waals surface area contributed by atoms with Crippen LogP contribution >= 0.6 is 11.6 Å². The summed E-state index contributed by atoms with van der Waals surface area (Å²) in [5.41, 5.74) is 0.519. The van der Waals surface area contributed by atoms with Crippen molar-refractivity contribution in [2.75, 3.05) is 0 Å². The minimum Gasteiger partial charge on any atom is -0.392 e. The molecule has 0 saturated heterocycles. The van der Waals surface area contributed by atoms with Crippen LogP contribution in [0.15, 0.2) is 23.1 Å². The fourth-order valence-electron chi connectivity index (χ4n) is 1.83. The maximum Gasteiger partial charge on any atom is 0.240 e. The topological polar surface area (TPSA) is 66.4 Å². The third kappa shape index (κ3) is 3.03. The van der Waals surface area contributed by atoms with Gasteiger partial charge >= 0.3 is 0 Å². The number of hydrogen-bond acceptors (Lipinski definition) is 3. The second-order valence-corrected chi connectivity index (χ2v) is 6.78. The summed E-state index contributed by atoms with van der Waals surface area (Å²) in [6, 6.07) is 4.30. The Hall–Kier alpha value is -0.620. The molecule has 0 spiro atoms. The predicted octanol–water partition coefficient (Wildman–Crippen LogP) is 1.91. The van der Waals surface area contributed by atoms with E-state index in [2.05, 4.69) is 4.72 Å². The van der Waals surface area contributed by atoms with Crippen molar-refractivity contribution in [1.82, 2.24) is 4.72 Å². The van der Waals surface area contributed by atoms with Gasteiger partial charge in [0.15, 0.2) is 0 Å². The number of nitrogens with one attached hydrogen (secondary N) is 1. The Labute approximate surface area is 112 Å². The van der Waals surface area contributed by atoms with E-state index in [0.717, 1.165) is 12.8 Å². The van der Waals surface area contributed by atoms with Gasteiger partial charge in [-0.1, -0.05) is 17.7 Å². The minimum atomic E-state index is -3.53. The summed E-state index contributed by atoms with van der Waals surface area (Å²) in [4.78, 5) is 0.136. The monoisotopic (exact) mass is 289 g/mol. The summed E-state index contributed by atoms with van der Waals surface area (Å²) in [6.45, 7) is 1.67. The molecule has 1 aromatic rings. The van der Waals surface area contributed by atoms with Crippen molar-refractivity contribution in [3.8, 4) is 0 Å². The van der Waals surface area contributed by atoms with Crippen molar-refractivity contribution in [2.24, 2.45) is 5.92 Å². The Bertz CT molecular complexity index is 540. The Morgan fingerprint density at radius 3 is 2.67 bits per heavy atom. The highest BCUT2D eigenvalue weighted by atomic mass is 35.5. The Balaban J connectivity index is 2.20. The van der Waals surface area contributed by atoms with E-state index in [0.29, 0.717) is 11.5 Å². The van der Waals surface area contributed by atoms with Crippen molar-refractivity contribution < 1.29 is 13.5 Å². The number of benzene rings is 1. The minimum absolute atomic E-state index is 0.0497. The molecule has 0 aliphatic heterocycles. The molecule has 1 aliphatic carbocycles. The van der Waals surface area contributed by atoms with E-state index >= 15 is 0 Å². The summed E-state index contributed by atoms with van der Waals surface area (Å²) in [6.07, 6.45) is 2.15. The molecule has 2 N–H and O–H groups in total. The van der Waals surface area contributed by atoms with Crippen LogP contribution in [-0.4, -0.2) is 19.6 Å². The van der Waals surface area contributed by atoms with Crippen LogP contribution in [0.25, 0.3) is 0 Å². The van der Waals surface area contributed by atoms with Gasteiger partial charge in [-0.25, -0.2) is 13.1 Å². The van der Waals surface area contributed by atoms with E-state index in [9.17, 15) is 8.42 Å². The number of hydrogen-bond donors (Lipinski definition) is 2. The van der Waals surface area contributed by atoms with Crippen molar-refractivity contribution >= 4 is 21.6 Å². The van der Waals surface area contributed by atoms with Gasteiger partial charge in [0.05, 0.1) is 11.5 Å². The van der Waals surface area contributed by atoms with Crippen molar-refractivity contribution in [3.05, 3.63) is 28.8 Å².